The molecule has 0 saturated heterocycles. The van der Waals surface area contributed by atoms with E-state index in [0.29, 0.717) is 34.3 Å². The predicted molar refractivity (Wildman–Crippen MR) is 205 cm³/mol. The molecule has 3 amide bonds. The summed E-state index contributed by atoms with van der Waals surface area (Å²) < 4.78 is 43.7. The van der Waals surface area contributed by atoms with Crippen molar-refractivity contribution in [2.45, 2.75) is 30.6 Å². The van der Waals surface area contributed by atoms with E-state index >= 15 is 0 Å². The Kier molecular flexibility index (Phi) is 12.1. The molecular weight excluding hydrogens is 792 g/mol. The molecule has 6 rings (SSSR count). The number of nitrogens with zero attached hydrogens (tertiary/aromatic N) is 3. The van der Waals surface area contributed by atoms with Gasteiger partial charge in [0, 0.05) is 33.5 Å². The van der Waals surface area contributed by atoms with Crippen molar-refractivity contribution in [3.63, 3.8) is 0 Å². The minimum atomic E-state index is -4.66. The second-order valence-corrected chi connectivity index (χ2v) is 13.6. The van der Waals surface area contributed by atoms with E-state index in [0.717, 1.165) is 16.7 Å². The lowest BCUT2D eigenvalue weighted by molar-refractivity contribution is -0.154. The first-order chi connectivity index (χ1) is 27.1. The van der Waals surface area contributed by atoms with Crippen molar-refractivity contribution in [3.05, 3.63) is 118 Å². The van der Waals surface area contributed by atoms with Crippen LogP contribution >= 0.6 is 23.2 Å². The number of ether oxygens (including phenoxy) is 1. The molecule has 1 fully saturated rings. The number of carbonyl (C=O) groups is 4. The summed E-state index contributed by atoms with van der Waals surface area (Å²) >= 11 is 12.0. The summed E-state index contributed by atoms with van der Waals surface area (Å²) in [6, 6.07) is 24.1. The van der Waals surface area contributed by atoms with Crippen molar-refractivity contribution in [2.24, 2.45) is 0 Å². The van der Waals surface area contributed by atoms with Crippen LogP contribution < -0.4 is 31.3 Å². The highest BCUT2D eigenvalue weighted by atomic mass is 35.5. The van der Waals surface area contributed by atoms with E-state index in [1.54, 1.807) is 60.7 Å². The third-order valence-electron chi connectivity index (χ3n) is 8.46. The third kappa shape index (κ3) is 11.1. The second kappa shape index (κ2) is 17.1. The number of nitrogens with one attached hydrogen (secondary N) is 5. The summed E-state index contributed by atoms with van der Waals surface area (Å²) in [5.41, 5.74) is 2.49. The van der Waals surface area contributed by atoms with Crippen LogP contribution in [0.4, 0.5) is 36.4 Å². The molecule has 0 spiro atoms. The van der Waals surface area contributed by atoms with Gasteiger partial charge in [-0.25, -0.2) is 4.79 Å². The smallest absolute Gasteiger partial charge is 0.422 e. The number of carboxylic acid groups (broad SMARTS) is 1. The molecule has 19 heteroatoms. The van der Waals surface area contributed by atoms with Gasteiger partial charge in [-0.2, -0.15) is 28.1 Å². The highest BCUT2D eigenvalue weighted by Gasteiger charge is 2.45. The Bertz CT molecular complexity index is 2280. The van der Waals surface area contributed by atoms with Crippen LogP contribution in [0, 0.1) is 0 Å². The molecule has 0 radical (unpaired) electrons. The number of rotatable bonds is 14. The van der Waals surface area contributed by atoms with E-state index in [-0.39, 0.29) is 17.5 Å². The summed E-state index contributed by atoms with van der Waals surface area (Å²) in [6.07, 6.45) is -3.27. The number of alkyl halides is 3. The lowest BCUT2D eigenvalue weighted by atomic mass is 10.1. The van der Waals surface area contributed by atoms with Crippen LogP contribution in [-0.4, -0.2) is 69.1 Å². The molecule has 1 heterocycles. The van der Waals surface area contributed by atoms with Gasteiger partial charge in [0.15, 0.2) is 6.61 Å². The van der Waals surface area contributed by atoms with Crippen molar-refractivity contribution in [3.8, 4) is 17.1 Å². The normalized spacial score (nSPS) is 13.4. The molecule has 0 unspecified atom stereocenters. The number of carbonyl (C=O) groups excluding carboxylic acids is 3. The number of hydrogen-bond donors (Lipinski definition) is 6. The van der Waals surface area contributed by atoms with Crippen LogP contribution in [0.2, 0.25) is 10.0 Å². The minimum absolute atomic E-state index is 0.0160. The molecular formula is C38H31Cl2F3N8O6. The zero-order chi connectivity index (χ0) is 40.7. The van der Waals surface area contributed by atoms with Gasteiger partial charge in [0.1, 0.15) is 6.04 Å². The molecule has 6 N–H and O–H groups in total. The Morgan fingerprint density at radius 2 is 1.44 bits per heavy atom. The highest BCUT2D eigenvalue weighted by Crippen LogP contribution is 2.48. The third-order valence-corrected chi connectivity index (χ3v) is 8.96. The molecule has 1 aromatic heterocycles. The Morgan fingerprint density at radius 1 is 0.789 bits per heavy atom. The summed E-state index contributed by atoms with van der Waals surface area (Å²) in [6.45, 7) is -2.26. The van der Waals surface area contributed by atoms with Crippen LogP contribution in [0.5, 0.6) is 6.01 Å². The van der Waals surface area contributed by atoms with Gasteiger partial charge in [-0.15, -0.1) is 0 Å². The fourth-order valence-corrected chi connectivity index (χ4v) is 5.68. The van der Waals surface area contributed by atoms with Crippen molar-refractivity contribution in [1.29, 1.82) is 0 Å². The standard InChI is InChI=1S/C38H31Cl2F3N8O6/c39-25-10-4-21(5-11-25)23-2-1-3-28(18-23)45-32(54)31(53)44-19-29(33(55)56)47-30(52)22-6-14-27(15-7-22)46-34-48-35(50-36(49-34)57-20-38(41,42)43)51-37(16-17-37)24-8-12-26(40)13-9-24/h1-15,18,29H,16-17,19-20H2,(H,44,53)(H,45,54)(H,47,52)(H,55,56)(H2,46,48,49,50,51)/t29-/m0/s1. The van der Waals surface area contributed by atoms with Crippen LogP contribution in [0.3, 0.4) is 0 Å². The fourth-order valence-electron chi connectivity index (χ4n) is 5.43. The van der Waals surface area contributed by atoms with Gasteiger partial charge in [-0.05, 0) is 90.2 Å². The van der Waals surface area contributed by atoms with E-state index in [9.17, 15) is 37.5 Å². The first kappa shape index (κ1) is 40.2. The van der Waals surface area contributed by atoms with Gasteiger partial charge in [0.2, 0.25) is 11.9 Å². The van der Waals surface area contributed by atoms with Crippen molar-refractivity contribution in [1.82, 2.24) is 25.6 Å². The summed E-state index contributed by atoms with van der Waals surface area (Å²) in [7, 11) is 0. The Hall–Kier alpha value is -6.46. The molecule has 0 bridgehead atoms. The quantitative estimate of drug-likeness (QED) is 0.0663. The Balaban J connectivity index is 1.06. The molecule has 1 saturated carbocycles. The molecule has 1 aliphatic carbocycles. The number of hydrogen-bond acceptors (Lipinski definition) is 10. The lowest BCUT2D eigenvalue weighted by Gasteiger charge is -2.19. The second-order valence-electron chi connectivity index (χ2n) is 12.7. The molecule has 1 aliphatic rings. The first-order valence-corrected chi connectivity index (χ1v) is 17.8. The minimum Gasteiger partial charge on any atom is -0.480 e. The topological polar surface area (TPSA) is 197 Å². The number of anilines is 4. The van der Waals surface area contributed by atoms with Crippen LogP contribution in [0.1, 0.15) is 28.8 Å². The van der Waals surface area contributed by atoms with Gasteiger partial charge in [0.05, 0.1) is 5.54 Å². The number of halogens is 5. The van der Waals surface area contributed by atoms with E-state index in [1.807, 2.05) is 12.1 Å². The molecule has 1 atom stereocenters. The largest absolute Gasteiger partial charge is 0.480 e. The maximum atomic E-state index is 13.0. The number of amides is 3. The van der Waals surface area contributed by atoms with Gasteiger partial charge < -0.3 is 36.4 Å². The number of aromatic nitrogens is 3. The van der Waals surface area contributed by atoms with Gasteiger partial charge in [-0.3, -0.25) is 14.4 Å². The van der Waals surface area contributed by atoms with E-state index in [1.165, 1.54) is 24.3 Å². The molecule has 0 aliphatic heterocycles. The monoisotopic (exact) mass is 822 g/mol. The Morgan fingerprint density at radius 3 is 2.07 bits per heavy atom. The average Bonchev–Trinajstić information content (AvgIpc) is 3.96. The summed E-state index contributed by atoms with van der Waals surface area (Å²) in [5.74, 6) is -4.73. The van der Waals surface area contributed by atoms with Crippen molar-refractivity contribution >= 4 is 70.2 Å². The van der Waals surface area contributed by atoms with E-state index in [2.05, 4.69) is 41.5 Å². The van der Waals surface area contributed by atoms with E-state index < -0.39 is 60.6 Å². The van der Waals surface area contributed by atoms with Gasteiger partial charge in [-0.1, -0.05) is 59.6 Å². The zero-order valence-corrected chi connectivity index (χ0v) is 30.9. The fraction of sp³-hybridized carbons (Fsp3) is 0.184. The van der Waals surface area contributed by atoms with Crippen LogP contribution in [0.15, 0.2) is 97.1 Å². The van der Waals surface area contributed by atoms with E-state index in [4.69, 9.17) is 27.9 Å². The number of aliphatic carboxylic acids is 1. The number of benzene rings is 4. The molecule has 5 aromatic rings. The molecule has 14 nitrogen and oxygen atoms in total. The van der Waals surface area contributed by atoms with Gasteiger partial charge in [0.25, 0.3) is 5.91 Å². The summed E-state index contributed by atoms with van der Waals surface area (Å²) in [4.78, 5) is 62.3. The summed E-state index contributed by atoms with van der Waals surface area (Å²) in [5, 5.41) is 23.8. The van der Waals surface area contributed by atoms with Crippen molar-refractivity contribution in [2.75, 3.05) is 29.1 Å². The lowest BCUT2D eigenvalue weighted by Crippen LogP contribution is -2.50. The number of carboxylic acids is 1. The SMILES string of the molecule is O=C(NC[C@H](NC(=O)c1ccc(Nc2nc(NC3(c4ccc(Cl)cc4)CC3)nc(OCC(F)(F)F)n2)cc1)C(=O)O)C(=O)Nc1cccc(-c2ccc(Cl)cc2)c1. The van der Waals surface area contributed by atoms with Crippen molar-refractivity contribution < 1.29 is 42.2 Å². The molecule has 57 heavy (non-hydrogen) atoms. The maximum absolute atomic E-state index is 13.0. The first-order valence-electron chi connectivity index (χ1n) is 17.0. The van der Waals surface area contributed by atoms with Crippen LogP contribution in [0.25, 0.3) is 11.1 Å². The molecule has 294 valence electrons. The van der Waals surface area contributed by atoms with Gasteiger partial charge >= 0.3 is 30.0 Å². The Labute approximate surface area is 332 Å². The predicted octanol–water partition coefficient (Wildman–Crippen LogP) is 6.57. The highest BCUT2D eigenvalue weighted by molar-refractivity contribution is 6.39. The van der Waals surface area contributed by atoms with Crippen LogP contribution in [-0.2, 0) is 19.9 Å². The zero-order valence-electron chi connectivity index (χ0n) is 29.4. The maximum Gasteiger partial charge on any atom is 0.422 e. The molecule has 4 aromatic carbocycles. The average molecular weight is 824 g/mol.